The number of carbonyl (C=O) groups excluding carboxylic acids is 1. The lowest BCUT2D eigenvalue weighted by molar-refractivity contribution is -0.126. The van der Waals surface area contributed by atoms with Gasteiger partial charge in [0.15, 0.2) is 11.5 Å². The summed E-state index contributed by atoms with van der Waals surface area (Å²) < 4.78 is 10.6. The molecule has 0 aromatic heterocycles. The number of nitrogens with two attached hydrogens (primary N) is 1. The number of carbonyl (C=O) groups is 1. The van der Waals surface area contributed by atoms with Crippen LogP contribution in [0, 0.1) is 5.41 Å². The average Bonchev–Trinajstić information content (AvgIpc) is 2.94. The van der Waals surface area contributed by atoms with Crippen LogP contribution < -0.4 is 20.5 Å². The van der Waals surface area contributed by atoms with E-state index in [9.17, 15) is 4.79 Å². The molecule has 1 aromatic carbocycles. The molecule has 5 nitrogen and oxygen atoms in total. The van der Waals surface area contributed by atoms with E-state index in [4.69, 9.17) is 15.2 Å². The van der Waals surface area contributed by atoms with Gasteiger partial charge in [-0.25, -0.2) is 0 Å². The molecule has 0 bridgehead atoms. The molecule has 2 rings (SSSR count). The highest BCUT2D eigenvalue weighted by molar-refractivity contribution is 5.95. The fourth-order valence-corrected chi connectivity index (χ4v) is 2.84. The number of ether oxygens (including phenoxy) is 2. The van der Waals surface area contributed by atoms with Crippen LogP contribution >= 0.6 is 0 Å². The van der Waals surface area contributed by atoms with Gasteiger partial charge >= 0.3 is 0 Å². The van der Waals surface area contributed by atoms with Crippen LogP contribution in [0.4, 0.5) is 5.69 Å². The van der Waals surface area contributed by atoms with Gasteiger partial charge in [-0.05, 0) is 25.0 Å². The van der Waals surface area contributed by atoms with Crippen molar-refractivity contribution in [3.63, 3.8) is 0 Å². The van der Waals surface area contributed by atoms with Crippen molar-refractivity contribution >= 4 is 11.6 Å². The van der Waals surface area contributed by atoms with Gasteiger partial charge in [-0.3, -0.25) is 4.79 Å². The summed E-state index contributed by atoms with van der Waals surface area (Å²) in [5.41, 5.74) is 6.15. The highest BCUT2D eigenvalue weighted by Gasteiger charge is 2.35. The first kappa shape index (κ1) is 15.6. The molecular weight excluding hydrogens is 268 g/mol. The van der Waals surface area contributed by atoms with Crippen molar-refractivity contribution < 1.29 is 14.3 Å². The molecule has 0 saturated carbocycles. The molecular formula is C16H24N2O3. The third-order valence-corrected chi connectivity index (χ3v) is 3.96. The van der Waals surface area contributed by atoms with Gasteiger partial charge in [-0.15, -0.1) is 0 Å². The summed E-state index contributed by atoms with van der Waals surface area (Å²) in [5.74, 6) is 1.37. The molecule has 1 amide bonds. The molecule has 21 heavy (non-hydrogen) atoms. The maximum Gasteiger partial charge on any atom is 0.231 e. The van der Waals surface area contributed by atoms with Crippen LogP contribution in [0.25, 0.3) is 0 Å². The molecule has 1 aliphatic heterocycles. The Labute approximate surface area is 125 Å². The van der Waals surface area contributed by atoms with Crippen LogP contribution in [-0.2, 0) is 4.79 Å². The van der Waals surface area contributed by atoms with Crippen LogP contribution in [-0.4, -0.2) is 19.2 Å². The third kappa shape index (κ3) is 3.29. The van der Waals surface area contributed by atoms with Crippen LogP contribution in [0.2, 0.25) is 0 Å². The van der Waals surface area contributed by atoms with Gasteiger partial charge in [-0.2, -0.15) is 0 Å². The minimum absolute atomic E-state index is 0.00688. The van der Waals surface area contributed by atoms with Crippen LogP contribution in [0.1, 0.15) is 39.5 Å². The molecule has 116 valence electrons. The van der Waals surface area contributed by atoms with E-state index in [1.807, 2.05) is 12.1 Å². The van der Waals surface area contributed by atoms with Gasteiger partial charge in [0, 0.05) is 18.3 Å². The van der Waals surface area contributed by atoms with E-state index in [0.29, 0.717) is 23.7 Å². The van der Waals surface area contributed by atoms with Crippen molar-refractivity contribution in [2.45, 2.75) is 39.5 Å². The molecule has 0 aliphatic carbocycles. The molecule has 3 N–H and O–H groups in total. The molecule has 1 aliphatic rings. The van der Waals surface area contributed by atoms with Crippen LogP contribution in [0.15, 0.2) is 18.2 Å². The van der Waals surface area contributed by atoms with Gasteiger partial charge in [0.2, 0.25) is 12.7 Å². The molecule has 0 spiro atoms. The second-order valence-corrected chi connectivity index (χ2v) is 5.51. The number of fused-ring (bicyclic) bond motifs is 1. The standard InChI is InChI=1S/C16H24N2O3/c1-3-7-16(10-17,8-4-2)15(19)18-12-5-6-13-14(9-12)21-11-20-13/h5-6,9H,3-4,7-8,10-11,17H2,1-2H3,(H,18,19). The number of benzene rings is 1. The zero-order valence-electron chi connectivity index (χ0n) is 12.8. The largest absolute Gasteiger partial charge is 0.454 e. The van der Waals surface area contributed by atoms with E-state index in [2.05, 4.69) is 19.2 Å². The van der Waals surface area contributed by atoms with Crippen molar-refractivity contribution in [3.05, 3.63) is 18.2 Å². The number of hydrogen-bond donors (Lipinski definition) is 2. The lowest BCUT2D eigenvalue weighted by Crippen LogP contribution is -2.42. The minimum atomic E-state index is -0.486. The Bertz CT molecular complexity index is 496. The second-order valence-electron chi connectivity index (χ2n) is 5.51. The number of amides is 1. The zero-order chi connectivity index (χ0) is 15.3. The quantitative estimate of drug-likeness (QED) is 0.810. The number of hydrogen-bond acceptors (Lipinski definition) is 4. The van der Waals surface area contributed by atoms with E-state index in [1.54, 1.807) is 6.07 Å². The molecule has 0 radical (unpaired) electrons. The fourth-order valence-electron chi connectivity index (χ4n) is 2.84. The van der Waals surface area contributed by atoms with Gasteiger partial charge < -0.3 is 20.5 Å². The zero-order valence-corrected chi connectivity index (χ0v) is 12.8. The van der Waals surface area contributed by atoms with E-state index in [-0.39, 0.29) is 12.7 Å². The van der Waals surface area contributed by atoms with E-state index >= 15 is 0 Å². The van der Waals surface area contributed by atoms with Crippen molar-refractivity contribution in [1.29, 1.82) is 0 Å². The van der Waals surface area contributed by atoms with Crippen molar-refractivity contribution in [1.82, 2.24) is 0 Å². The Hall–Kier alpha value is -1.75. The highest BCUT2D eigenvalue weighted by atomic mass is 16.7. The maximum atomic E-state index is 12.7. The first-order valence-electron chi connectivity index (χ1n) is 7.56. The number of anilines is 1. The predicted molar refractivity (Wildman–Crippen MR) is 82.5 cm³/mol. The molecule has 1 aromatic rings. The summed E-state index contributed by atoms with van der Waals surface area (Å²) in [5, 5.41) is 2.98. The first-order valence-corrected chi connectivity index (χ1v) is 7.56. The Balaban J connectivity index is 2.14. The summed E-state index contributed by atoms with van der Waals surface area (Å²) in [6, 6.07) is 5.42. The van der Waals surface area contributed by atoms with E-state index < -0.39 is 5.41 Å². The first-order chi connectivity index (χ1) is 10.1. The lowest BCUT2D eigenvalue weighted by Gasteiger charge is -2.30. The molecule has 0 unspecified atom stereocenters. The second kappa shape index (κ2) is 6.80. The van der Waals surface area contributed by atoms with Crippen LogP contribution in [0.5, 0.6) is 11.5 Å². The lowest BCUT2D eigenvalue weighted by atomic mass is 9.78. The third-order valence-electron chi connectivity index (χ3n) is 3.96. The van der Waals surface area contributed by atoms with Gasteiger partial charge in [-0.1, -0.05) is 26.7 Å². The Kier molecular flexibility index (Phi) is 5.07. The van der Waals surface area contributed by atoms with Crippen LogP contribution in [0.3, 0.4) is 0 Å². The summed E-state index contributed by atoms with van der Waals surface area (Å²) >= 11 is 0. The number of rotatable bonds is 7. The van der Waals surface area contributed by atoms with Gasteiger partial charge in [0.1, 0.15) is 0 Å². The Morgan fingerprint density at radius 2 is 1.90 bits per heavy atom. The van der Waals surface area contributed by atoms with E-state index in [1.165, 1.54) is 0 Å². The molecule has 1 heterocycles. The minimum Gasteiger partial charge on any atom is -0.454 e. The van der Waals surface area contributed by atoms with Crippen molar-refractivity contribution in [2.75, 3.05) is 18.7 Å². The van der Waals surface area contributed by atoms with Gasteiger partial charge in [0.25, 0.3) is 0 Å². The SMILES string of the molecule is CCCC(CN)(CCC)C(=O)Nc1ccc2c(c1)OCO2. The van der Waals surface area contributed by atoms with Crippen molar-refractivity contribution in [3.8, 4) is 11.5 Å². The fraction of sp³-hybridized carbons (Fsp3) is 0.562. The maximum absolute atomic E-state index is 12.7. The monoisotopic (exact) mass is 292 g/mol. The molecule has 0 saturated heterocycles. The Morgan fingerprint density at radius 1 is 1.24 bits per heavy atom. The topological polar surface area (TPSA) is 73.6 Å². The normalized spacial score (nSPS) is 13.3. The predicted octanol–water partition coefficient (Wildman–Crippen LogP) is 2.90. The molecule has 0 fully saturated rings. The molecule has 0 atom stereocenters. The smallest absolute Gasteiger partial charge is 0.231 e. The summed E-state index contributed by atoms with van der Waals surface area (Å²) in [6.45, 7) is 4.75. The van der Waals surface area contributed by atoms with E-state index in [0.717, 1.165) is 25.7 Å². The summed E-state index contributed by atoms with van der Waals surface area (Å²) in [4.78, 5) is 12.7. The highest BCUT2D eigenvalue weighted by Crippen LogP contribution is 2.35. The average molecular weight is 292 g/mol. The van der Waals surface area contributed by atoms with Gasteiger partial charge in [0.05, 0.1) is 5.41 Å². The summed E-state index contributed by atoms with van der Waals surface area (Å²) in [6.07, 6.45) is 3.47. The molecule has 5 heteroatoms. The summed E-state index contributed by atoms with van der Waals surface area (Å²) in [7, 11) is 0. The van der Waals surface area contributed by atoms with Crippen molar-refractivity contribution in [2.24, 2.45) is 11.1 Å². The Morgan fingerprint density at radius 3 is 2.52 bits per heavy atom. The number of nitrogens with one attached hydrogen (secondary N) is 1.